The minimum absolute atomic E-state index is 0.340. The highest BCUT2D eigenvalue weighted by atomic mass is 16.5. The summed E-state index contributed by atoms with van der Waals surface area (Å²) >= 11 is 0. The van der Waals surface area contributed by atoms with Gasteiger partial charge in [-0.1, -0.05) is 30.3 Å². The summed E-state index contributed by atoms with van der Waals surface area (Å²) in [6.07, 6.45) is 4.25. The van der Waals surface area contributed by atoms with Gasteiger partial charge < -0.3 is 4.74 Å². The van der Waals surface area contributed by atoms with Gasteiger partial charge in [-0.05, 0) is 24.0 Å². The Morgan fingerprint density at radius 1 is 1.38 bits per heavy atom. The fraction of sp³-hybridized carbons (Fsp3) is 0.333. The van der Waals surface area contributed by atoms with Crippen LogP contribution in [0.1, 0.15) is 17.5 Å². The number of benzene rings is 1. The lowest BCUT2D eigenvalue weighted by Crippen LogP contribution is -2.21. The Kier molecular flexibility index (Phi) is 2.46. The largest absolute Gasteiger partial charge is 0.373 e. The highest BCUT2D eigenvalue weighted by Crippen LogP contribution is 2.21. The third kappa shape index (κ3) is 1.81. The molecule has 1 unspecified atom stereocenters. The first kappa shape index (κ1) is 8.52. The second kappa shape index (κ2) is 3.75. The second-order valence-electron chi connectivity index (χ2n) is 3.43. The van der Waals surface area contributed by atoms with Crippen LogP contribution >= 0.6 is 0 Å². The Bertz CT molecular complexity index is 304. The number of ether oxygens (including phenoxy) is 1. The number of hydrogen-bond donors (Lipinski definition) is 0. The van der Waals surface area contributed by atoms with Gasteiger partial charge in [-0.2, -0.15) is 0 Å². The zero-order valence-corrected chi connectivity index (χ0v) is 7.70. The molecule has 0 saturated carbocycles. The third-order valence-corrected chi connectivity index (χ3v) is 2.47. The number of fused-ring (bicyclic) bond motifs is 1. The quantitative estimate of drug-likeness (QED) is 0.626. The maximum absolute atomic E-state index is 5.67. The van der Waals surface area contributed by atoms with Crippen LogP contribution in [0.4, 0.5) is 0 Å². The van der Waals surface area contributed by atoms with Crippen molar-refractivity contribution in [3.8, 4) is 0 Å². The summed E-state index contributed by atoms with van der Waals surface area (Å²) < 4.78 is 5.67. The molecule has 1 aliphatic heterocycles. The van der Waals surface area contributed by atoms with E-state index in [0.29, 0.717) is 6.10 Å². The van der Waals surface area contributed by atoms with E-state index in [2.05, 4.69) is 30.8 Å². The zero-order valence-electron chi connectivity index (χ0n) is 7.70. The van der Waals surface area contributed by atoms with Crippen molar-refractivity contribution in [2.24, 2.45) is 0 Å². The second-order valence-corrected chi connectivity index (χ2v) is 3.43. The highest BCUT2D eigenvalue weighted by Gasteiger charge is 2.16. The summed E-state index contributed by atoms with van der Waals surface area (Å²) in [4.78, 5) is 0. The van der Waals surface area contributed by atoms with Crippen LogP contribution in [0.3, 0.4) is 0 Å². The van der Waals surface area contributed by atoms with Gasteiger partial charge in [0.2, 0.25) is 0 Å². The molecule has 0 aromatic heterocycles. The van der Waals surface area contributed by atoms with Crippen LogP contribution in [0, 0.1) is 0 Å². The highest BCUT2D eigenvalue weighted by molar-refractivity contribution is 5.28. The monoisotopic (exact) mass is 174 g/mol. The topological polar surface area (TPSA) is 9.23 Å². The van der Waals surface area contributed by atoms with Crippen LogP contribution in [-0.2, 0) is 17.8 Å². The average molecular weight is 174 g/mol. The molecule has 1 heterocycles. The molecule has 1 heteroatoms. The van der Waals surface area contributed by atoms with E-state index in [9.17, 15) is 0 Å². The molecule has 1 aromatic rings. The fourth-order valence-corrected chi connectivity index (χ4v) is 1.75. The van der Waals surface area contributed by atoms with Crippen LogP contribution in [-0.4, -0.2) is 6.10 Å². The van der Waals surface area contributed by atoms with E-state index in [0.717, 1.165) is 19.4 Å². The van der Waals surface area contributed by atoms with Crippen molar-refractivity contribution in [2.45, 2.75) is 25.6 Å². The van der Waals surface area contributed by atoms with Crippen molar-refractivity contribution in [3.05, 3.63) is 48.0 Å². The van der Waals surface area contributed by atoms with Gasteiger partial charge in [-0.3, -0.25) is 0 Å². The van der Waals surface area contributed by atoms with Crippen molar-refractivity contribution in [2.75, 3.05) is 0 Å². The first-order valence-corrected chi connectivity index (χ1v) is 4.69. The van der Waals surface area contributed by atoms with Crippen molar-refractivity contribution < 1.29 is 4.74 Å². The van der Waals surface area contributed by atoms with E-state index < -0.39 is 0 Å². The Hall–Kier alpha value is -1.08. The minimum atomic E-state index is 0.340. The van der Waals surface area contributed by atoms with Crippen LogP contribution < -0.4 is 0 Å². The molecule has 0 radical (unpaired) electrons. The van der Waals surface area contributed by atoms with E-state index in [1.165, 1.54) is 11.1 Å². The molecule has 1 nitrogen and oxygen atoms in total. The molecule has 0 fully saturated rings. The summed E-state index contributed by atoms with van der Waals surface area (Å²) in [5.74, 6) is 0. The minimum Gasteiger partial charge on any atom is -0.373 e. The lowest BCUT2D eigenvalue weighted by molar-refractivity contribution is 0.0307. The van der Waals surface area contributed by atoms with Crippen molar-refractivity contribution in [1.29, 1.82) is 0 Å². The Morgan fingerprint density at radius 2 is 2.15 bits per heavy atom. The average Bonchev–Trinajstić information content (AvgIpc) is 2.18. The fourth-order valence-electron chi connectivity index (χ4n) is 1.75. The molecule has 1 aliphatic rings. The Morgan fingerprint density at radius 3 is 2.92 bits per heavy atom. The summed E-state index contributed by atoms with van der Waals surface area (Å²) in [7, 11) is 0. The lowest BCUT2D eigenvalue weighted by atomic mass is 9.98. The molecule has 0 spiro atoms. The molecule has 1 atom stereocenters. The lowest BCUT2D eigenvalue weighted by Gasteiger charge is -2.24. The molecule has 0 bridgehead atoms. The molecule has 1 aromatic carbocycles. The molecule has 13 heavy (non-hydrogen) atoms. The molecule has 68 valence electrons. The van der Waals surface area contributed by atoms with E-state index in [4.69, 9.17) is 4.74 Å². The molecule has 0 amide bonds. The van der Waals surface area contributed by atoms with Gasteiger partial charge in [0, 0.05) is 0 Å². The van der Waals surface area contributed by atoms with E-state index in [1.807, 2.05) is 6.08 Å². The van der Waals surface area contributed by atoms with Crippen LogP contribution in [0.5, 0.6) is 0 Å². The first-order chi connectivity index (χ1) is 6.40. The van der Waals surface area contributed by atoms with Gasteiger partial charge >= 0.3 is 0 Å². The predicted octanol–water partition coefficient (Wildman–Crippen LogP) is 2.70. The molecule has 0 saturated heterocycles. The summed E-state index contributed by atoms with van der Waals surface area (Å²) in [6, 6.07) is 8.48. The maximum atomic E-state index is 5.67. The SMILES string of the molecule is C=CCC1Cc2ccccc2CO1. The molecule has 0 aliphatic carbocycles. The van der Waals surface area contributed by atoms with Crippen LogP contribution in [0.15, 0.2) is 36.9 Å². The molecular weight excluding hydrogens is 160 g/mol. The zero-order chi connectivity index (χ0) is 9.10. The smallest absolute Gasteiger partial charge is 0.0723 e. The molecule has 0 N–H and O–H groups in total. The molecule has 2 rings (SSSR count). The van der Waals surface area contributed by atoms with Gasteiger partial charge in [-0.15, -0.1) is 6.58 Å². The summed E-state index contributed by atoms with van der Waals surface area (Å²) in [5.41, 5.74) is 2.77. The maximum Gasteiger partial charge on any atom is 0.0723 e. The summed E-state index contributed by atoms with van der Waals surface area (Å²) in [6.45, 7) is 4.49. The van der Waals surface area contributed by atoms with E-state index in [1.54, 1.807) is 0 Å². The van der Waals surface area contributed by atoms with Gasteiger partial charge in [0.25, 0.3) is 0 Å². The standard InChI is InChI=1S/C12H14O/c1-2-5-12-8-10-6-3-4-7-11(10)9-13-12/h2-4,6-7,12H,1,5,8-9H2. The van der Waals surface area contributed by atoms with E-state index in [-0.39, 0.29) is 0 Å². The van der Waals surface area contributed by atoms with Gasteiger partial charge in [0.05, 0.1) is 12.7 Å². The molecular formula is C12H14O. The van der Waals surface area contributed by atoms with Gasteiger partial charge in [0.15, 0.2) is 0 Å². The Balaban J connectivity index is 2.15. The number of hydrogen-bond acceptors (Lipinski definition) is 1. The normalized spacial score (nSPS) is 20.8. The van der Waals surface area contributed by atoms with Crippen LogP contribution in [0.25, 0.3) is 0 Å². The first-order valence-electron chi connectivity index (χ1n) is 4.69. The van der Waals surface area contributed by atoms with Crippen molar-refractivity contribution >= 4 is 0 Å². The van der Waals surface area contributed by atoms with E-state index >= 15 is 0 Å². The van der Waals surface area contributed by atoms with Crippen molar-refractivity contribution in [1.82, 2.24) is 0 Å². The Labute approximate surface area is 79.0 Å². The van der Waals surface area contributed by atoms with Gasteiger partial charge in [-0.25, -0.2) is 0 Å². The predicted molar refractivity (Wildman–Crippen MR) is 53.5 cm³/mol. The van der Waals surface area contributed by atoms with Crippen LogP contribution in [0.2, 0.25) is 0 Å². The summed E-state index contributed by atoms with van der Waals surface area (Å²) in [5, 5.41) is 0. The van der Waals surface area contributed by atoms with Crippen molar-refractivity contribution in [3.63, 3.8) is 0 Å². The van der Waals surface area contributed by atoms with Gasteiger partial charge in [0.1, 0.15) is 0 Å². The number of rotatable bonds is 2. The third-order valence-electron chi connectivity index (χ3n) is 2.47.